The van der Waals surface area contributed by atoms with Gasteiger partial charge >= 0.3 is 6.18 Å². The Hall–Kier alpha value is -0.960. The molecule has 0 aliphatic rings. The van der Waals surface area contributed by atoms with E-state index in [0.717, 1.165) is 4.88 Å². The molecule has 2 aromatic rings. The highest BCUT2D eigenvalue weighted by molar-refractivity contribution is 7.11. The monoisotopic (exact) mass is 293 g/mol. The van der Waals surface area contributed by atoms with Crippen molar-refractivity contribution in [2.45, 2.75) is 18.6 Å². The topological polar surface area (TPSA) is 50.9 Å². The molecule has 8 heteroatoms. The van der Waals surface area contributed by atoms with E-state index in [1.165, 1.54) is 6.20 Å². The Labute approximate surface area is 109 Å². The van der Waals surface area contributed by atoms with Crippen LogP contribution in [0, 0.1) is 0 Å². The number of nitrogens with two attached hydrogens (primary N) is 1. The van der Waals surface area contributed by atoms with Gasteiger partial charge in [0.2, 0.25) is 0 Å². The van der Waals surface area contributed by atoms with Gasteiger partial charge in [0.15, 0.2) is 5.01 Å². The molecule has 2 heterocycles. The maximum atomic E-state index is 12.4. The zero-order valence-electron chi connectivity index (χ0n) is 9.07. The van der Waals surface area contributed by atoms with Crippen LogP contribution >= 0.6 is 22.7 Å². The van der Waals surface area contributed by atoms with E-state index < -0.39 is 11.2 Å². The van der Waals surface area contributed by atoms with Gasteiger partial charge in [-0.1, -0.05) is 6.07 Å². The predicted molar refractivity (Wildman–Crippen MR) is 65.2 cm³/mol. The van der Waals surface area contributed by atoms with E-state index in [-0.39, 0.29) is 6.04 Å². The summed E-state index contributed by atoms with van der Waals surface area (Å²) in [6, 6.07) is 3.46. The summed E-state index contributed by atoms with van der Waals surface area (Å²) < 4.78 is 37.3. The molecular weight excluding hydrogens is 283 g/mol. The highest BCUT2D eigenvalue weighted by Crippen LogP contribution is 2.35. The fourth-order valence-electron chi connectivity index (χ4n) is 1.45. The van der Waals surface area contributed by atoms with Gasteiger partial charge in [0.05, 0.1) is 6.04 Å². The van der Waals surface area contributed by atoms with Crippen molar-refractivity contribution < 1.29 is 13.2 Å². The highest BCUT2D eigenvalue weighted by atomic mass is 32.1. The molecule has 0 saturated carbocycles. The number of alkyl halides is 3. The molecule has 1 atom stereocenters. The normalized spacial score (nSPS) is 13.8. The Bertz CT molecular complexity index is 493. The van der Waals surface area contributed by atoms with Crippen molar-refractivity contribution in [3.05, 3.63) is 38.5 Å². The SMILES string of the molecule is NNC(Cc1cccs1)c1cnc(C(F)(F)F)s1. The molecular formula is C10H10F3N3S2. The Kier molecular flexibility index (Phi) is 4.00. The van der Waals surface area contributed by atoms with Crippen LogP contribution in [0.4, 0.5) is 13.2 Å². The van der Waals surface area contributed by atoms with Gasteiger partial charge in [-0.05, 0) is 11.4 Å². The lowest BCUT2D eigenvalue weighted by molar-refractivity contribution is -0.137. The molecule has 2 aromatic heterocycles. The Morgan fingerprint density at radius 2 is 2.22 bits per heavy atom. The molecule has 0 spiro atoms. The van der Waals surface area contributed by atoms with Crippen LogP contribution in [0.25, 0.3) is 0 Å². The molecule has 18 heavy (non-hydrogen) atoms. The summed E-state index contributed by atoms with van der Waals surface area (Å²) >= 11 is 2.16. The second-order valence-corrected chi connectivity index (χ2v) is 5.66. The first-order valence-corrected chi connectivity index (χ1v) is 6.71. The quantitative estimate of drug-likeness (QED) is 0.673. The summed E-state index contributed by atoms with van der Waals surface area (Å²) in [6.45, 7) is 0. The van der Waals surface area contributed by atoms with Crippen LogP contribution in [-0.4, -0.2) is 4.98 Å². The third kappa shape index (κ3) is 3.08. The minimum Gasteiger partial charge on any atom is -0.271 e. The molecule has 0 saturated heterocycles. The van der Waals surface area contributed by atoms with Crippen molar-refractivity contribution in [3.63, 3.8) is 0 Å². The average molecular weight is 293 g/mol. The number of nitrogens with zero attached hydrogens (tertiary/aromatic N) is 1. The van der Waals surface area contributed by atoms with Gasteiger partial charge in [-0.3, -0.25) is 11.3 Å². The zero-order valence-corrected chi connectivity index (χ0v) is 10.7. The summed E-state index contributed by atoms with van der Waals surface area (Å²) in [6.07, 6.45) is -2.62. The molecule has 0 bridgehead atoms. The second-order valence-electron chi connectivity index (χ2n) is 3.57. The smallest absolute Gasteiger partial charge is 0.271 e. The van der Waals surface area contributed by atoms with Crippen molar-refractivity contribution in [2.75, 3.05) is 0 Å². The van der Waals surface area contributed by atoms with Crippen molar-refractivity contribution in [2.24, 2.45) is 5.84 Å². The predicted octanol–water partition coefficient (Wildman–Crippen LogP) is 2.97. The van der Waals surface area contributed by atoms with Crippen LogP contribution in [0.5, 0.6) is 0 Å². The Balaban J connectivity index is 2.15. The Morgan fingerprint density at radius 1 is 1.44 bits per heavy atom. The number of hydrogen-bond acceptors (Lipinski definition) is 5. The van der Waals surface area contributed by atoms with Gasteiger partial charge in [0, 0.05) is 22.4 Å². The van der Waals surface area contributed by atoms with Gasteiger partial charge in [0.1, 0.15) is 0 Å². The van der Waals surface area contributed by atoms with E-state index in [1.807, 2.05) is 17.5 Å². The first-order chi connectivity index (χ1) is 8.50. The fourth-order valence-corrected chi connectivity index (χ4v) is 3.05. The number of thiophene rings is 1. The number of halogens is 3. The number of nitrogens with one attached hydrogen (secondary N) is 1. The van der Waals surface area contributed by atoms with Crippen LogP contribution in [0.3, 0.4) is 0 Å². The number of rotatable bonds is 4. The van der Waals surface area contributed by atoms with Crippen LogP contribution in [0.1, 0.15) is 20.8 Å². The van der Waals surface area contributed by atoms with Crippen molar-refractivity contribution >= 4 is 22.7 Å². The molecule has 3 nitrogen and oxygen atoms in total. The first-order valence-electron chi connectivity index (χ1n) is 5.02. The second kappa shape index (κ2) is 5.35. The number of hydrazine groups is 1. The van der Waals surface area contributed by atoms with E-state index in [9.17, 15) is 13.2 Å². The van der Waals surface area contributed by atoms with Crippen molar-refractivity contribution in [3.8, 4) is 0 Å². The van der Waals surface area contributed by atoms with E-state index in [4.69, 9.17) is 5.84 Å². The highest BCUT2D eigenvalue weighted by Gasteiger charge is 2.35. The molecule has 2 rings (SSSR count). The minimum atomic E-state index is -4.40. The largest absolute Gasteiger partial charge is 0.443 e. The van der Waals surface area contributed by atoms with Crippen LogP contribution in [-0.2, 0) is 12.6 Å². The van der Waals surface area contributed by atoms with Crippen LogP contribution in [0.2, 0.25) is 0 Å². The lowest BCUT2D eigenvalue weighted by Crippen LogP contribution is -2.28. The van der Waals surface area contributed by atoms with Gasteiger partial charge in [-0.25, -0.2) is 4.98 Å². The van der Waals surface area contributed by atoms with E-state index in [0.29, 0.717) is 22.6 Å². The molecule has 0 amide bonds. The summed E-state index contributed by atoms with van der Waals surface area (Å²) in [5.41, 5.74) is 2.53. The van der Waals surface area contributed by atoms with Crippen LogP contribution in [0.15, 0.2) is 23.7 Å². The summed E-state index contributed by atoms with van der Waals surface area (Å²) in [4.78, 5) is 4.93. The third-order valence-corrected chi connectivity index (χ3v) is 4.35. The van der Waals surface area contributed by atoms with Gasteiger partial charge in [-0.2, -0.15) is 13.2 Å². The zero-order chi connectivity index (χ0) is 13.2. The third-order valence-electron chi connectivity index (χ3n) is 2.30. The maximum Gasteiger partial charge on any atom is 0.443 e. The minimum absolute atomic E-state index is 0.350. The number of hydrogen-bond donors (Lipinski definition) is 2. The molecule has 0 aliphatic carbocycles. The molecule has 0 fully saturated rings. The van der Waals surface area contributed by atoms with E-state index in [2.05, 4.69) is 10.4 Å². The summed E-state index contributed by atoms with van der Waals surface area (Å²) in [5.74, 6) is 5.39. The van der Waals surface area contributed by atoms with Crippen molar-refractivity contribution in [1.82, 2.24) is 10.4 Å². The number of thiazole rings is 1. The summed E-state index contributed by atoms with van der Waals surface area (Å²) in [7, 11) is 0. The molecule has 0 aromatic carbocycles. The fraction of sp³-hybridized carbons (Fsp3) is 0.300. The van der Waals surface area contributed by atoms with Gasteiger partial charge in [0.25, 0.3) is 0 Å². The summed E-state index contributed by atoms with van der Waals surface area (Å²) in [5, 5.41) is 1.07. The molecule has 1 unspecified atom stereocenters. The first kappa shape index (κ1) is 13.5. The molecule has 0 radical (unpaired) electrons. The molecule has 3 N–H and O–H groups in total. The standard InChI is InChI=1S/C10H10F3N3S2/c11-10(12,13)9-15-5-8(18-9)7(16-14)4-6-2-1-3-17-6/h1-3,5,7,16H,4,14H2. The maximum absolute atomic E-state index is 12.4. The molecule has 0 aliphatic heterocycles. The van der Waals surface area contributed by atoms with E-state index in [1.54, 1.807) is 11.3 Å². The van der Waals surface area contributed by atoms with Gasteiger partial charge in [-0.15, -0.1) is 22.7 Å². The lowest BCUT2D eigenvalue weighted by Gasteiger charge is -2.12. The molecule has 98 valence electrons. The van der Waals surface area contributed by atoms with Crippen molar-refractivity contribution in [1.29, 1.82) is 0 Å². The van der Waals surface area contributed by atoms with E-state index >= 15 is 0 Å². The average Bonchev–Trinajstić information content (AvgIpc) is 2.95. The Morgan fingerprint density at radius 3 is 2.72 bits per heavy atom. The van der Waals surface area contributed by atoms with Gasteiger partial charge < -0.3 is 0 Å². The number of aromatic nitrogens is 1. The lowest BCUT2D eigenvalue weighted by atomic mass is 10.2. The van der Waals surface area contributed by atoms with Crippen LogP contribution < -0.4 is 11.3 Å².